The van der Waals surface area contributed by atoms with Gasteiger partial charge < -0.3 is 5.73 Å². The molecule has 1 nitrogen and oxygen atoms in total. The molecule has 0 amide bonds. The zero-order chi connectivity index (χ0) is 7.98. The summed E-state index contributed by atoms with van der Waals surface area (Å²) in [5.74, 6) is -0.287. The fourth-order valence-electron chi connectivity index (χ4n) is 0.507. The van der Waals surface area contributed by atoms with Crippen molar-refractivity contribution in [2.24, 2.45) is 0 Å². The number of nitrogen functional groups attached to an aromatic ring is 1. The van der Waals surface area contributed by atoms with Gasteiger partial charge in [-0.05, 0) is 18.2 Å². The third kappa shape index (κ3) is 3.07. The minimum absolute atomic E-state index is 0. The van der Waals surface area contributed by atoms with E-state index in [1.807, 2.05) is 13.8 Å². The van der Waals surface area contributed by atoms with Crippen LogP contribution in [0.3, 0.4) is 0 Å². The second-order valence-electron chi connectivity index (χ2n) is 1.56. The van der Waals surface area contributed by atoms with Crippen molar-refractivity contribution in [2.45, 2.75) is 13.8 Å². The van der Waals surface area contributed by atoms with E-state index in [1.54, 1.807) is 12.1 Å². The van der Waals surface area contributed by atoms with E-state index in [0.29, 0.717) is 5.69 Å². The average molecular weight is 143 g/mol. The maximum absolute atomic E-state index is 12.1. The third-order valence-corrected chi connectivity index (χ3v) is 0.849. The largest absolute Gasteiger partial charge is 0.399 e. The van der Waals surface area contributed by atoms with Gasteiger partial charge in [-0.1, -0.05) is 19.9 Å². The minimum atomic E-state index is -0.287. The van der Waals surface area contributed by atoms with Crippen LogP contribution in [0.2, 0.25) is 0 Å². The standard InChI is InChI=1S/C6H6FN.C2H6.H2/c7-5-2-1-3-6(8)4-5;1-2;/h1-4H,8H2;1-2H3;1H. The molecule has 0 bridgehead atoms. The Morgan fingerprint density at radius 1 is 1.40 bits per heavy atom. The second kappa shape index (κ2) is 4.79. The van der Waals surface area contributed by atoms with Gasteiger partial charge in [0.25, 0.3) is 0 Å². The lowest BCUT2D eigenvalue weighted by Gasteiger charge is -1.88. The highest BCUT2D eigenvalue weighted by molar-refractivity contribution is 5.36. The highest BCUT2D eigenvalue weighted by atomic mass is 19.1. The normalized spacial score (nSPS) is 7.90. The molecule has 0 aromatic heterocycles. The summed E-state index contributed by atoms with van der Waals surface area (Å²) >= 11 is 0. The first-order valence-electron chi connectivity index (χ1n) is 3.30. The highest BCUT2D eigenvalue weighted by Gasteiger charge is 1.85. The van der Waals surface area contributed by atoms with Crippen LogP contribution in [-0.2, 0) is 0 Å². The van der Waals surface area contributed by atoms with Gasteiger partial charge >= 0.3 is 0 Å². The number of hydrogen-bond donors (Lipinski definition) is 1. The molecular formula is C8H14FN. The van der Waals surface area contributed by atoms with E-state index in [0.717, 1.165) is 0 Å². The Morgan fingerprint density at radius 3 is 2.30 bits per heavy atom. The van der Waals surface area contributed by atoms with Crippen molar-refractivity contribution in [3.8, 4) is 0 Å². The fraction of sp³-hybridized carbons (Fsp3) is 0.250. The maximum atomic E-state index is 12.1. The lowest BCUT2D eigenvalue weighted by Crippen LogP contribution is -1.83. The Bertz CT molecular complexity index is 174. The summed E-state index contributed by atoms with van der Waals surface area (Å²) in [5.41, 5.74) is 5.68. The Balaban J connectivity index is 0. The maximum Gasteiger partial charge on any atom is 0.125 e. The molecule has 1 rings (SSSR count). The molecule has 1 aromatic rings. The van der Waals surface area contributed by atoms with Crippen molar-refractivity contribution in [1.29, 1.82) is 0 Å². The molecule has 1 aromatic carbocycles. The fourth-order valence-corrected chi connectivity index (χ4v) is 0.507. The van der Waals surface area contributed by atoms with Crippen molar-refractivity contribution >= 4 is 5.69 Å². The van der Waals surface area contributed by atoms with Gasteiger partial charge in [0.2, 0.25) is 0 Å². The number of halogens is 1. The Hall–Kier alpha value is -1.05. The molecule has 0 saturated heterocycles. The molecule has 0 aliphatic heterocycles. The first-order chi connectivity index (χ1) is 4.79. The zero-order valence-corrected chi connectivity index (χ0v) is 6.26. The van der Waals surface area contributed by atoms with Gasteiger partial charge in [0, 0.05) is 7.11 Å². The summed E-state index contributed by atoms with van der Waals surface area (Å²) < 4.78 is 12.1. The molecule has 0 aliphatic rings. The SMILES string of the molecule is CC.Nc1cccc(F)c1.[HH]. The molecule has 0 fully saturated rings. The zero-order valence-electron chi connectivity index (χ0n) is 6.26. The van der Waals surface area contributed by atoms with Gasteiger partial charge in [-0.15, -0.1) is 0 Å². The van der Waals surface area contributed by atoms with E-state index in [2.05, 4.69) is 0 Å². The molecular weight excluding hydrogens is 129 g/mol. The van der Waals surface area contributed by atoms with Crippen molar-refractivity contribution < 1.29 is 5.82 Å². The van der Waals surface area contributed by atoms with Gasteiger partial charge in [0.05, 0.1) is 0 Å². The van der Waals surface area contributed by atoms with Gasteiger partial charge in [0.15, 0.2) is 0 Å². The molecule has 10 heavy (non-hydrogen) atoms. The molecule has 58 valence electrons. The molecule has 0 aliphatic carbocycles. The molecule has 0 heterocycles. The number of rotatable bonds is 0. The summed E-state index contributed by atoms with van der Waals surface area (Å²) in [6.45, 7) is 4.00. The van der Waals surface area contributed by atoms with Gasteiger partial charge in [-0.2, -0.15) is 0 Å². The van der Waals surface area contributed by atoms with Gasteiger partial charge in [-0.25, -0.2) is 4.39 Å². The smallest absolute Gasteiger partial charge is 0.125 e. The van der Waals surface area contributed by atoms with Crippen LogP contribution in [0, 0.1) is 5.82 Å². The predicted molar refractivity (Wildman–Crippen MR) is 44.3 cm³/mol. The number of anilines is 1. The van der Waals surface area contributed by atoms with Crippen LogP contribution in [0.1, 0.15) is 15.3 Å². The Morgan fingerprint density at radius 2 is 2.00 bits per heavy atom. The Kier molecular flexibility index (Phi) is 4.29. The minimum Gasteiger partial charge on any atom is -0.399 e. The molecule has 0 saturated carbocycles. The van der Waals surface area contributed by atoms with Crippen LogP contribution in [0.25, 0.3) is 0 Å². The van der Waals surface area contributed by atoms with Crippen LogP contribution in [0.15, 0.2) is 24.3 Å². The monoisotopic (exact) mass is 143 g/mol. The lowest BCUT2D eigenvalue weighted by molar-refractivity contribution is 0.628. The van der Waals surface area contributed by atoms with Crippen molar-refractivity contribution in [2.75, 3.05) is 5.73 Å². The van der Waals surface area contributed by atoms with E-state index >= 15 is 0 Å². The molecule has 0 spiro atoms. The number of benzene rings is 1. The Labute approximate surface area is 62.2 Å². The summed E-state index contributed by atoms with van der Waals surface area (Å²) in [5, 5.41) is 0. The van der Waals surface area contributed by atoms with Crippen LogP contribution in [-0.4, -0.2) is 0 Å². The highest BCUT2D eigenvalue weighted by Crippen LogP contribution is 2.02. The summed E-state index contributed by atoms with van der Waals surface area (Å²) in [6.07, 6.45) is 0. The van der Waals surface area contributed by atoms with E-state index < -0.39 is 0 Å². The van der Waals surface area contributed by atoms with E-state index in [-0.39, 0.29) is 7.24 Å². The van der Waals surface area contributed by atoms with E-state index in [9.17, 15) is 4.39 Å². The lowest BCUT2D eigenvalue weighted by atomic mass is 10.3. The first-order valence-corrected chi connectivity index (χ1v) is 3.30. The first kappa shape index (κ1) is 8.95. The average Bonchev–Trinajstić information content (AvgIpc) is 1.91. The summed E-state index contributed by atoms with van der Waals surface area (Å²) in [6, 6.07) is 5.85. The summed E-state index contributed by atoms with van der Waals surface area (Å²) in [7, 11) is 0. The quantitative estimate of drug-likeness (QED) is 0.555. The van der Waals surface area contributed by atoms with Crippen LogP contribution in [0.5, 0.6) is 0 Å². The topological polar surface area (TPSA) is 26.0 Å². The molecule has 0 unspecified atom stereocenters. The number of hydrogen-bond acceptors (Lipinski definition) is 1. The molecule has 0 atom stereocenters. The third-order valence-electron chi connectivity index (χ3n) is 0.849. The van der Waals surface area contributed by atoms with Crippen LogP contribution in [0.4, 0.5) is 10.1 Å². The summed E-state index contributed by atoms with van der Waals surface area (Å²) in [4.78, 5) is 0. The second-order valence-corrected chi connectivity index (χ2v) is 1.56. The van der Waals surface area contributed by atoms with Crippen LogP contribution >= 0.6 is 0 Å². The predicted octanol–water partition coefficient (Wildman–Crippen LogP) is 2.68. The van der Waals surface area contributed by atoms with Crippen LogP contribution < -0.4 is 5.73 Å². The molecule has 2 heteroatoms. The van der Waals surface area contributed by atoms with E-state index in [1.165, 1.54) is 12.1 Å². The number of nitrogens with two attached hydrogens (primary N) is 1. The molecule has 2 N–H and O–H groups in total. The van der Waals surface area contributed by atoms with Crippen molar-refractivity contribution in [1.82, 2.24) is 0 Å². The van der Waals surface area contributed by atoms with Gasteiger partial charge in [-0.3, -0.25) is 0 Å². The van der Waals surface area contributed by atoms with Gasteiger partial charge in [0.1, 0.15) is 5.82 Å². The van der Waals surface area contributed by atoms with Crippen molar-refractivity contribution in [3.05, 3.63) is 30.1 Å². The van der Waals surface area contributed by atoms with Crippen molar-refractivity contribution in [3.63, 3.8) is 0 Å². The van der Waals surface area contributed by atoms with E-state index in [4.69, 9.17) is 5.73 Å². The molecule has 0 radical (unpaired) electrons.